The number of hydrazone groups is 1. The summed E-state index contributed by atoms with van der Waals surface area (Å²) in [6.07, 6.45) is 4.15. The summed E-state index contributed by atoms with van der Waals surface area (Å²) in [6.45, 7) is 2.01. The normalized spacial score (nSPS) is 14.9. The summed E-state index contributed by atoms with van der Waals surface area (Å²) in [7, 11) is 0. The SMILES string of the molecule is S=C(N/N=C(/c1ccccc1)c1ccccn1)N1CCCC1. The molecular weight excluding hydrogens is 292 g/mol. The van der Waals surface area contributed by atoms with Gasteiger partial charge in [-0.05, 0) is 37.2 Å². The molecule has 1 aliphatic rings. The molecular formula is C17H18N4S. The lowest BCUT2D eigenvalue weighted by molar-refractivity contribution is 0.509. The Morgan fingerprint density at radius 3 is 2.45 bits per heavy atom. The highest BCUT2D eigenvalue weighted by atomic mass is 32.1. The Morgan fingerprint density at radius 2 is 1.77 bits per heavy atom. The van der Waals surface area contributed by atoms with E-state index in [1.165, 1.54) is 12.8 Å². The predicted molar refractivity (Wildman–Crippen MR) is 92.9 cm³/mol. The Hall–Kier alpha value is -2.27. The second-order valence-corrected chi connectivity index (χ2v) is 5.54. The van der Waals surface area contributed by atoms with Gasteiger partial charge < -0.3 is 4.90 Å². The van der Waals surface area contributed by atoms with E-state index in [9.17, 15) is 0 Å². The second-order valence-electron chi connectivity index (χ2n) is 5.15. The van der Waals surface area contributed by atoms with Gasteiger partial charge in [-0.1, -0.05) is 36.4 Å². The fraction of sp³-hybridized carbons (Fsp3) is 0.235. The van der Waals surface area contributed by atoms with Crippen LogP contribution in [0.3, 0.4) is 0 Å². The van der Waals surface area contributed by atoms with Gasteiger partial charge in [0.15, 0.2) is 5.11 Å². The molecule has 1 aromatic carbocycles. The molecule has 0 saturated carbocycles. The van der Waals surface area contributed by atoms with Crippen LogP contribution in [-0.2, 0) is 0 Å². The van der Waals surface area contributed by atoms with Crippen molar-refractivity contribution >= 4 is 23.0 Å². The number of rotatable bonds is 3. The van der Waals surface area contributed by atoms with Gasteiger partial charge in [0.25, 0.3) is 0 Å². The Kier molecular flexibility index (Phi) is 4.75. The first kappa shape index (κ1) is 14.7. The molecule has 0 spiro atoms. The van der Waals surface area contributed by atoms with Crippen molar-refractivity contribution in [2.45, 2.75) is 12.8 Å². The summed E-state index contributed by atoms with van der Waals surface area (Å²) in [4.78, 5) is 6.56. The van der Waals surface area contributed by atoms with Gasteiger partial charge >= 0.3 is 0 Å². The molecule has 112 valence electrons. The second kappa shape index (κ2) is 7.13. The number of benzene rings is 1. The van der Waals surface area contributed by atoms with Crippen LogP contribution in [-0.4, -0.2) is 33.8 Å². The first-order chi connectivity index (χ1) is 10.8. The zero-order valence-corrected chi connectivity index (χ0v) is 13.1. The number of likely N-dealkylation sites (tertiary alicyclic amines) is 1. The maximum Gasteiger partial charge on any atom is 0.189 e. The Labute approximate surface area is 135 Å². The van der Waals surface area contributed by atoms with Crippen LogP contribution in [0.1, 0.15) is 24.1 Å². The zero-order valence-electron chi connectivity index (χ0n) is 12.3. The van der Waals surface area contributed by atoms with E-state index >= 15 is 0 Å². The van der Waals surface area contributed by atoms with Crippen molar-refractivity contribution < 1.29 is 0 Å². The molecule has 22 heavy (non-hydrogen) atoms. The molecule has 2 aromatic rings. The van der Waals surface area contributed by atoms with E-state index in [1.54, 1.807) is 6.20 Å². The molecule has 0 aliphatic carbocycles. The van der Waals surface area contributed by atoms with Gasteiger partial charge in [0.05, 0.1) is 5.69 Å². The largest absolute Gasteiger partial charge is 0.348 e. The van der Waals surface area contributed by atoms with Crippen molar-refractivity contribution in [3.8, 4) is 0 Å². The number of nitrogens with zero attached hydrogens (tertiary/aromatic N) is 3. The van der Waals surface area contributed by atoms with Crippen LogP contribution in [0.25, 0.3) is 0 Å². The van der Waals surface area contributed by atoms with E-state index in [4.69, 9.17) is 12.2 Å². The molecule has 4 nitrogen and oxygen atoms in total. The quantitative estimate of drug-likeness (QED) is 0.538. The topological polar surface area (TPSA) is 40.5 Å². The number of thiocarbonyl (C=S) groups is 1. The lowest BCUT2D eigenvalue weighted by atomic mass is 10.1. The third kappa shape index (κ3) is 3.49. The lowest BCUT2D eigenvalue weighted by Crippen LogP contribution is -2.35. The first-order valence-electron chi connectivity index (χ1n) is 7.44. The molecule has 1 fully saturated rings. The summed E-state index contributed by atoms with van der Waals surface area (Å²) in [5.74, 6) is 0. The molecule has 1 N–H and O–H groups in total. The van der Waals surface area contributed by atoms with Crippen LogP contribution < -0.4 is 5.43 Å². The summed E-state index contributed by atoms with van der Waals surface area (Å²) < 4.78 is 0. The number of pyridine rings is 1. The van der Waals surface area contributed by atoms with Crippen molar-refractivity contribution in [1.82, 2.24) is 15.3 Å². The number of aromatic nitrogens is 1. The van der Waals surface area contributed by atoms with Gasteiger partial charge in [-0.3, -0.25) is 10.4 Å². The number of hydrogen-bond acceptors (Lipinski definition) is 3. The molecule has 1 aromatic heterocycles. The average Bonchev–Trinajstić information content (AvgIpc) is 3.11. The summed E-state index contributed by atoms with van der Waals surface area (Å²) >= 11 is 5.42. The Bertz CT molecular complexity index is 607. The van der Waals surface area contributed by atoms with E-state index < -0.39 is 0 Å². The van der Waals surface area contributed by atoms with Crippen molar-refractivity contribution in [2.24, 2.45) is 5.10 Å². The molecule has 3 rings (SSSR count). The number of nitrogens with one attached hydrogen (secondary N) is 1. The molecule has 0 atom stereocenters. The van der Waals surface area contributed by atoms with E-state index in [2.05, 4.69) is 20.4 Å². The molecule has 2 heterocycles. The van der Waals surface area contributed by atoms with Crippen LogP contribution >= 0.6 is 12.2 Å². The van der Waals surface area contributed by atoms with E-state index in [-0.39, 0.29) is 0 Å². The third-order valence-electron chi connectivity index (χ3n) is 3.61. The summed E-state index contributed by atoms with van der Waals surface area (Å²) in [6, 6.07) is 15.8. The third-order valence-corrected chi connectivity index (χ3v) is 3.96. The number of hydrogen-bond donors (Lipinski definition) is 1. The predicted octanol–water partition coefficient (Wildman–Crippen LogP) is 2.80. The van der Waals surface area contributed by atoms with Gasteiger partial charge in [-0.2, -0.15) is 5.10 Å². The first-order valence-corrected chi connectivity index (χ1v) is 7.85. The smallest absolute Gasteiger partial charge is 0.189 e. The molecule has 1 saturated heterocycles. The average molecular weight is 310 g/mol. The molecule has 0 bridgehead atoms. The molecule has 0 amide bonds. The van der Waals surface area contributed by atoms with Gasteiger partial charge in [-0.25, -0.2) is 0 Å². The van der Waals surface area contributed by atoms with E-state index in [0.29, 0.717) is 5.11 Å². The van der Waals surface area contributed by atoms with Crippen LogP contribution in [0.4, 0.5) is 0 Å². The van der Waals surface area contributed by atoms with Crippen LogP contribution in [0, 0.1) is 0 Å². The van der Waals surface area contributed by atoms with Gasteiger partial charge in [0.2, 0.25) is 0 Å². The summed E-state index contributed by atoms with van der Waals surface area (Å²) in [5.41, 5.74) is 5.66. The fourth-order valence-corrected chi connectivity index (χ4v) is 2.69. The highest BCUT2D eigenvalue weighted by Gasteiger charge is 2.15. The minimum Gasteiger partial charge on any atom is -0.348 e. The lowest BCUT2D eigenvalue weighted by Gasteiger charge is -2.17. The molecule has 0 radical (unpaired) electrons. The van der Waals surface area contributed by atoms with Gasteiger partial charge in [-0.15, -0.1) is 0 Å². The summed E-state index contributed by atoms with van der Waals surface area (Å²) in [5, 5.41) is 5.21. The van der Waals surface area contributed by atoms with Crippen molar-refractivity contribution in [3.05, 3.63) is 66.0 Å². The molecule has 0 unspecified atom stereocenters. The van der Waals surface area contributed by atoms with Crippen molar-refractivity contribution in [1.29, 1.82) is 0 Å². The maximum atomic E-state index is 5.42. The Balaban J connectivity index is 1.85. The molecule has 5 heteroatoms. The minimum absolute atomic E-state index is 0.682. The van der Waals surface area contributed by atoms with E-state index in [1.807, 2.05) is 48.5 Å². The fourth-order valence-electron chi connectivity index (χ4n) is 2.46. The van der Waals surface area contributed by atoms with Crippen molar-refractivity contribution in [2.75, 3.05) is 13.1 Å². The van der Waals surface area contributed by atoms with Crippen LogP contribution in [0.2, 0.25) is 0 Å². The zero-order chi connectivity index (χ0) is 15.2. The highest BCUT2D eigenvalue weighted by Crippen LogP contribution is 2.10. The van der Waals surface area contributed by atoms with Crippen LogP contribution in [0.15, 0.2) is 59.8 Å². The van der Waals surface area contributed by atoms with Crippen molar-refractivity contribution in [3.63, 3.8) is 0 Å². The van der Waals surface area contributed by atoms with Gasteiger partial charge in [0, 0.05) is 24.8 Å². The van der Waals surface area contributed by atoms with Crippen LogP contribution in [0.5, 0.6) is 0 Å². The van der Waals surface area contributed by atoms with E-state index in [0.717, 1.165) is 30.1 Å². The molecule has 1 aliphatic heterocycles. The maximum absolute atomic E-state index is 5.42. The standard InChI is InChI=1S/C17H18N4S/c22-17(21-12-6-7-13-21)20-19-16(14-8-2-1-3-9-14)15-10-4-5-11-18-15/h1-5,8-11H,6-7,12-13H2,(H,20,22)/b19-16-. The Morgan fingerprint density at radius 1 is 1.05 bits per heavy atom. The monoisotopic (exact) mass is 310 g/mol. The minimum atomic E-state index is 0.682. The van der Waals surface area contributed by atoms with Gasteiger partial charge in [0.1, 0.15) is 5.71 Å². The highest BCUT2D eigenvalue weighted by molar-refractivity contribution is 7.80.